The molecule has 1 aliphatic heterocycles. The summed E-state index contributed by atoms with van der Waals surface area (Å²) in [7, 11) is 0. The summed E-state index contributed by atoms with van der Waals surface area (Å²) < 4.78 is 0. The van der Waals surface area contributed by atoms with E-state index in [1.165, 1.54) is 11.1 Å². The Balaban J connectivity index is 1.81. The average molecular weight is 307 g/mol. The van der Waals surface area contributed by atoms with E-state index in [0.29, 0.717) is 6.54 Å². The second-order valence-corrected chi connectivity index (χ2v) is 5.97. The minimum atomic E-state index is -0.250. The topological polar surface area (TPSA) is 44.7 Å². The van der Waals surface area contributed by atoms with E-state index in [-0.39, 0.29) is 11.8 Å². The van der Waals surface area contributed by atoms with Crippen LogP contribution in [0.1, 0.15) is 23.6 Å². The molecule has 4 nitrogen and oxygen atoms in total. The Kier molecular flexibility index (Phi) is 4.15. The molecule has 1 saturated heterocycles. The van der Waals surface area contributed by atoms with Gasteiger partial charge in [0.15, 0.2) is 0 Å². The Bertz CT molecular complexity index is 767. The van der Waals surface area contributed by atoms with Gasteiger partial charge in [-0.1, -0.05) is 36.4 Å². The van der Waals surface area contributed by atoms with Crippen molar-refractivity contribution in [1.82, 2.24) is 5.43 Å². The number of aryl methyl sites for hydroxylation is 2. The molecule has 0 aromatic heterocycles. The minimum absolute atomic E-state index is 0.0270. The van der Waals surface area contributed by atoms with Crippen molar-refractivity contribution < 1.29 is 4.79 Å². The van der Waals surface area contributed by atoms with Gasteiger partial charge in [-0.2, -0.15) is 0 Å². The van der Waals surface area contributed by atoms with E-state index < -0.39 is 0 Å². The fourth-order valence-electron chi connectivity index (χ4n) is 2.67. The van der Waals surface area contributed by atoms with Crippen LogP contribution in [0.4, 0.5) is 5.69 Å². The van der Waals surface area contributed by atoms with Crippen molar-refractivity contribution >= 4 is 17.4 Å². The lowest BCUT2D eigenvalue weighted by molar-refractivity contribution is -0.119. The monoisotopic (exact) mass is 307 g/mol. The molecule has 1 amide bonds. The highest BCUT2D eigenvalue weighted by Crippen LogP contribution is 2.22. The highest BCUT2D eigenvalue weighted by molar-refractivity contribution is 6.16. The molecule has 118 valence electrons. The van der Waals surface area contributed by atoms with E-state index in [9.17, 15) is 4.79 Å². The molecule has 23 heavy (non-hydrogen) atoms. The Labute approximate surface area is 136 Å². The molecule has 2 aromatic carbocycles. The molecule has 0 saturated carbocycles. The number of hydrazine groups is 1. The van der Waals surface area contributed by atoms with E-state index >= 15 is 0 Å². The maximum atomic E-state index is 12.5. The summed E-state index contributed by atoms with van der Waals surface area (Å²) in [5.74, 6) is 0.499. The largest absolute Gasteiger partial charge is 0.278 e. The van der Waals surface area contributed by atoms with Gasteiger partial charge >= 0.3 is 0 Å². The van der Waals surface area contributed by atoms with E-state index in [2.05, 4.69) is 29.5 Å². The summed E-state index contributed by atoms with van der Waals surface area (Å²) in [6.45, 7) is 6.56. The molecule has 0 bridgehead atoms. The van der Waals surface area contributed by atoms with Crippen LogP contribution in [-0.2, 0) is 11.3 Å². The molecule has 1 fully saturated rings. The maximum absolute atomic E-state index is 12.5. The molecule has 1 aliphatic rings. The van der Waals surface area contributed by atoms with Gasteiger partial charge in [0.05, 0.1) is 18.2 Å². The molecule has 0 spiro atoms. The van der Waals surface area contributed by atoms with Gasteiger partial charge in [0.1, 0.15) is 5.84 Å². The van der Waals surface area contributed by atoms with Gasteiger partial charge in [0.25, 0.3) is 5.91 Å². The second kappa shape index (κ2) is 6.24. The van der Waals surface area contributed by atoms with Crippen molar-refractivity contribution in [3.8, 4) is 0 Å². The predicted molar refractivity (Wildman–Crippen MR) is 93.3 cm³/mol. The standard InChI is InChI=1S/C19H21N3O/c1-13-7-6-10-17(11-13)22-19(23)15(3)18(21-22)20-12-16-9-5-4-8-14(16)2/h4-11,15H,12H2,1-3H3,(H,20,21). The highest BCUT2D eigenvalue weighted by atomic mass is 16.2. The maximum Gasteiger partial charge on any atom is 0.256 e. The molecule has 1 N–H and O–H groups in total. The zero-order valence-electron chi connectivity index (χ0n) is 13.7. The number of aliphatic imine (C=N–C) groups is 1. The Hall–Kier alpha value is -2.62. The highest BCUT2D eigenvalue weighted by Gasteiger charge is 2.34. The molecule has 1 heterocycles. The number of nitrogens with zero attached hydrogens (tertiary/aromatic N) is 2. The van der Waals surface area contributed by atoms with Gasteiger partial charge in [0, 0.05) is 0 Å². The number of benzene rings is 2. The summed E-state index contributed by atoms with van der Waals surface area (Å²) >= 11 is 0. The van der Waals surface area contributed by atoms with Crippen molar-refractivity contribution in [2.24, 2.45) is 10.9 Å². The summed E-state index contributed by atoms with van der Waals surface area (Å²) in [5, 5.41) is 1.59. The average Bonchev–Trinajstić information content (AvgIpc) is 2.82. The molecule has 4 heteroatoms. The zero-order valence-corrected chi connectivity index (χ0v) is 13.7. The molecule has 3 rings (SSSR count). The van der Waals surface area contributed by atoms with Crippen molar-refractivity contribution in [3.05, 3.63) is 65.2 Å². The molecule has 0 aliphatic carbocycles. The Morgan fingerprint density at radius 3 is 2.65 bits per heavy atom. The third-order valence-electron chi connectivity index (χ3n) is 4.17. The smallest absolute Gasteiger partial charge is 0.256 e. The minimum Gasteiger partial charge on any atom is -0.278 e. The summed E-state index contributed by atoms with van der Waals surface area (Å²) in [6, 6.07) is 16.1. The zero-order chi connectivity index (χ0) is 16.4. The van der Waals surface area contributed by atoms with Crippen LogP contribution in [0.2, 0.25) is 0 Å². The van der Waals surface area contributed by atoms with Crippen molar-refractivity contribution in [3.63, 3.8) is 0 Å². The van der Waals surface area contributed by atoms with Gasteiger partial charge in [-0.3, -0.25) is 15.2 Å². The quantitative estimate of drug-likeness (QED) is 0.944. The first kappa shape index (κ1) is 15.3. The van der Waals surface area contributed by atoms with Crippen LogP contribution < -0.4 is 10.4 Å². The van der Waals surface area contributed by atoms with Crippen LogP contribution in [0.3, 0.4) is 0 Å². The van der Waals surface area contributed by atoms with Crippen molar-refractivity contribution in [2.75, 3.05) is 5.01 Å². The molecule has 2 aromatic rings. The fraction of sp³-hybridized carbons (Fsp3) is 0.263. The lowest BCUT2D eigenvalue weighted by Crippen LogP contribution is -2.35. The van der Waals surface area contributed by atoms with Crippen LogP contribution >= 0.6 is 0 Å². The van der Waals surface area contributed by atoms with Crippen LogP contribution in [0.25, 0.3) is 0 Å². The van der Waals surface area contributed by atoms with E-state index in [1.54, 1.807) is 5.01 Å². The SMILES string of the molecule is Cc1cccc(N2NC(=NCc3ccccc3C)C(C)C2=O)c1. The van der Waals surface area contributed by atoms with Gasteiger partial charge in [-0.15, -0.1) is 0 Å². The van der Waals surface area contributed by atoms with Crippen LogP contribution in [0.15, 0.2) is 53.5 Å². The first-order valence-electron chi connectivity index (χ1n) is 7.82. The lowest BCUT2D eigenvalue weighted by Gasteiger charge is -2.16. The summed E-state index contributed by atoms with van der Waals surface area (Å²) in [6.07, 6.45) is 0. The molecule has 1 atom stereocenters. The molecular formula is C19H21N3O. The van der Waals surface area contributed by atoms with Crippen LogP contribution in [0.5, 0.6) is 0 Å². The number of carbonyl (C=O) groups is 1. The van der Waals surface area contributed by atoms with E-state index in [0.717, 1.165) is 17.1 Å². The lowest BCUT2D eigenvalue weighted by atomic mass is 10.1. The number of amidine groups is 1. The van der Waals surface area contributed by atoms with Crippen LogP contribution in [0, 0.1) is 19.8 Å². The number of amides is 1. The number of carbonyl (C=O) groups excluding carboxylic acids is 1. The number of hydrogen-bond acceptors (Lipinski definition) is 2. The van der Waals surface area contributed by atoms with Crippen LogP contribution in [-0.4, -0.2) is 11.7 Å². The Morgan fingerprint density at radius 1 is 1.13 bits per heavy atom. The predicted octanol–water partition coefficient (Wildman–Crippen LogP) is 3.39. The normalized spacial score (nSPS) is 19.3. The summed E-state index contributed by atoms with van der Waals surface area (Å²) in [4.78, 5) is 17.1. The van der Waals surface area contributed by atoms with E-state index in [4.69, 9.17) is 0 Å². The number of nitrogens with one attached hydrogen (secondary N) is 1. The molecular weight excluding hydrogens is 286 g/mol. The van der Waals surface area contributed by atoms with E-state index in [1.807, 2.05) is 50.2 Å². The first-order valence-corrected chi connectivity index (χ1v) is 7.82. The number of hydrogen-bond donors (Lipinski definition) is 1. The Morgan fingerprint density at radius 2 is 1.91 bits per heavy atom. The van der Waals surface area contributed by atoms with Gasteiger partial charge in [-0.05, 0) is 49.6 Å². The number of anilines is 1. The second-order valence-electron chi connectivity index (χ2n) is 5.97. The van der Waals surface area contributed by atoms with Crippen molar-refractivity contribution in [2.45, 2.75) is 27.3 Å². The fourth-order valence-corrected chi connectivity index (χ4v) is 2.67. The van der Waals surface area contributed by atoms with Gasteiger partial charge in [0.2, 0.25) is 0 Å². The molecule has 0 radical (unpaired) electrons. The van der Waals surface area contributed by atoms with Crippen molar-refractivity contribution in [1.29, 1.82) is 0 Å². The number of rotatable bonds is 3. The summed E-state index contributed by atoms with van der Waals surface area (Å²) in [5.41, 5.74) is 7.52. The third-order valence-corrected chi connectivity index (χ3v) is 4.17. The van der Waals surface area contributed by atoms with Gasteiger partial charge < -0.3 is 0 Å². The molecule has 1 unspecified atom stereocenters. The van der Waals surface area contributed by atoms with Gasteiger partial charge in [-0.25, -0.2) is 5.01 Å². The third kappa shape index (κ3) is 3.11. The first-order chi connectivity index (χ1) is 11.1.